The van der Waals surface area contributed by atoms with Gasteiger partial charge >= 0.3 is 0 Å². The summed E-state index contributed by atoms with van der Waals surface area (Å²) < 4.78 is 47.7. The molecule has 2 aliphatic carbocycles. The minimum atomic E-state index is -3.76. The smallest absolute Gasteiger partial charge is 0.286 e. The van der Waals surface area contributed by atoms with Crippen LogP contribution in [0.2, 0.25) is 5.02 Å². The van der Waals surface area contributed by atoms with Gasteiger partial charge in [-0.3, -0.25) is 24.0 Å². The molecule has 1 fully saturated rings. The van der Waals surface area contributed by atoms with E-state index in [1.807, 2.05) is 36.4 Å². The average molecular weight is 829 g/mol. The molecule has 58 heavy (non-hydrogen) atoms. The lowest BCUT2D eigenvalue weighted by Crippen LogP contribution is -2.49. The van der Waals surface area contributed by atoms with Crippen LogP contribution in [0.5, 0.6) is 11.6 Å². The maximum atomic E-state index is 14.9. The van der Waals surface area contributed by atoms with Crippen LogP contribution < -0.4 is 19.1 Å². The number of carbonyl (C=O) groups excluding carboxylic acids is 2. The number of halogens is 1. The monoisotopic (exact) mass is 828 g/mol. The summed E-state index contributed by atoms with van der Waals surface area (Å²) in [4.78, 5) is 34.8. The first-order chi connectivity index (χ1) is 28.0. The van der Waals surface area contributed by atoms with Crippen LogP contribution in [0.15, 0.2) is 83.5 Å². The zero-order valence-corrected chi connectivity index (χ0v) is 34.5. The maximum absolute atomic E-state index is 14.9. The summed E-state index contributed by atoms with van der Waals surface area (Å²) in [7, 11) is 1.01. The van der Waals surface area contributed by atoms with Crippen molar-refractivity contribution in [3.63, 3.8) is 0 Å². The Morgan fingerprint density at radius 2 is 1.98 bits per heavy atom. The van der Waals surface area contributed by atoms with Crippen molar-refractivity contribution >= 4 is 39.0 Å². The second kappa shape index (κ2) is 16.8. The number of carbonyl (C=O) groups is 2. The zero-order valence-electron chi connectivity index (χ0n) is 33.0. The average Bonchev–Trinajstić information content (AvgIpc) is 3.53. The van der Waals surface area contributed by atoms with Crippen molar-refractivity contribution < 1.29 is 32.7 Å². The van der Waals surface area contributed by atoms with Crippen LogP contribution in [-0.4, -0.2) is 82.7 Å². The summed E-state index contributed by atoms with van der Waals surface area (Å²) in [6.45, 7) is 2.05. The van der Waals surface area contributed by atoms with Crippen LogP contribution in [0.25, 0.3) is 0 Å². The number of nitrogens with one attached hydrogen (secondary N) is 1. The first-order valence-electron chi connectivity index (χ1n) is 19.8. The SMILES string of the molecule is COc1nn(C)cc1C(=O)NS1(=O)=NC(=O)c2ccc3c(c2)N(C[C@@H]2CC[C@H]2[C@@H](OC)/C=C/[C@H](OCc2ccccn2)CC1)C[C@@]1(CCCc2cc(Cl)ccc21)CO3. The van der Waals surface area contributed by atoms with Crippen LogP contribution in [0, 0.1) is 11.8 Å². The standard InChI is InChI=1S/C43H49ClN6O7S/c1-49-24-35(42(46-49)55-3)41(52)48-58(53)20-17-33(56-25-32-8-4-5-19-45-32)12-16-38(54-2)34-13-9-30(34)23-50-26-43(18-6-7-28-21-31(44)11-14-36(28)43)27-57-39-15-10-29(22-37(39)50)40(51)47-58/h4-5,8,10-12,14-16,19,21-22,24,30,33-34,38H,6-7,9,13,17-18,20,23,25-27H2,1-3H3,(H,47,48,51,52,53)/b16-12+/t30-,33-,34+,38-,43-,58?/m0/s1. The van der Waals surface area contributed by atoms with Gasteiger partial charge < -0.3 is 23.8 Å². The van der Waals surface area contributed by atoms with E-state index in [-0.39, 0.29) is 53.2 Å². The van der Waals surface area contributed by atoms with Gasteiger partial charge in [-0.05, 0) is 104 Å². The molecule has 15 heteroatoms. The molecule has 4 aromatic rings. The van der Waals surface area contributed by atoms with Gasteiger partial charge in [0.2, 0.25) is 5.88 Å². The maximum Gasteiger partial charge on any atom is 0.286 e. The fourth-order valence-electron chi connectivity index (χ4n) is 8.88. The van der Waals surface area contributed by atoms with Crippen LogP contribution >= 0.6 is 11.6 Å². The minimum absolute atomic E-state index is 0.0502. The number of amides is 2. The lowest BCUT2D eigenvalue weighted by molar-refractivity contribution is 0.0115. The number of aryl methyl sites for hydroxylation is 2. The van der Waals surface area contributed by atoms with Crippen LogP contribution in [-0.2, 0) is 44.9 Å². The Morgan fingerprint density at radius 3 is 2.76 bits per heavy atom. The molecule has 1 saturated carbocycles. The molecular weight excluding hydrogens is 780 g/mol. The van der Waals surface area contributed by atoms with E-state index in [0.29, 0.717) is 31.4 Å². The number of pyridine rings is 1. The third kappa shape index (κ3) is 8.38. The molecule has 2 aliphatic heterocycles. The van der Waals surface area contributed by atoms with E-state index in [2.05, 4.69) is 36.2 Å². The predicted molar refractivity (Wildman–Crippen MR) is 221 cm³/mol. The number of ether oxygens (including phenoxy) is 4. The molecule has 4 aliphatic rings. The predicted octanol–water partition coefficient (Wildman–Crippen LogP) is 6.49. The van der Waals surface area contributed by atoms with Crippen molar-refractivity contribution in [1.82, 2.24) is 19.5 Å². The van der Waals surface area contributed by atoms with Crippen LogP contribution in [0.3, 0.4) is 0 Å². The number of hydrogen-bond acceptors (Lipinski definition) is 10. The van der Waals surface area contributed by atoms with Crippen molar-refractivity contribution in [2.45, 2.75) is 62.8 Å². The van der Waals surface area contributed by atoms with Crippen molar-refractivity contribution in [1.29, 1.82) is 0 Å². The van der Waals surface area contributed by atoms with E-state index in [4.69, 9.17) is 30.5 Å². The topological polar surface area (TPSA) is 146 Å². The number of benzene rings is 2. The van der Waals surface area contributed by atoms with Gasteiger partial charge in [-0.1, -0.05) is 35.9 Å². The van der Waals surface area contributed by atoms with Gasteiger partial charge in [0.15, 0.2) is 0 Å². The van der Waals surface area contributed by atoms with E-state index in [0.717, 1.165) is 48.5 Å². The number of aromatic nitrogens is 3. The quantitative estimate of drug-likeness (QED) is 0.205. The highest BCUT2D eigenvalue weighted by Crippen LogP contribution is 2.47. The summed E-state index contributed by atoms with van der Waals surface area (Å²) >= 11 is 6.49. The van der Waals surface area contributed by atoms with Gasteiger partial charge in [-0.15, -0.1) is 9.46 Å². The fraction of sp³-hybridized carbons (Fsp3) is 0.442. The highest BCUT2D eigenvalue weighted by atomic mass is 35.5. The number of methoxy groups -OCH3 is 2. The lowest BCUT2D eigenvalue weighted by atomic mass is 9.68. The number of anilines is 1. The first-order valence-corrected chi connectivity index (χ1v) is 21.8. The molecule has 0 radical (unpaired) electrons. The van der Waals surface area contributed by atoms with Crippen molar-refractivity contribution in [3.8, 4) is 11.6 Å². The molecule has 8 rings (SSSR count). The Labute approximate surface area is 344 Å². The zero-order chi connectivity index (χ0) is 40.4. The van der Waals surface area contributed by atoms with Crippen molar-refractivity contribution in [3.05, 3.63) is 112 Å². The Morgan fingerprint density at radius 1 is 1.10 bits per heavy atom. The number of rotatable bonds is 7. The highest BCUT2D eigenvalue weighted by molar-refractivity contribution is 7.92. The van der Waals surface area contributed by atoms with E-state index in [1.165, 1.54) is 29.1 Å². The number of nitrogens with zero attached hydrogens (tertiary/aromatic N) is 5. The Balaban J connectivity index is 1.20. The third-order valence-corrected chi connectivity index (χ3v) is 14.0. The van der Waals surface area contributed by atoms with E-state index in [9.17, 15) is 13.8 Å². The normalized spacial score (nSPS) is 27.5. The Bertz CT molecular complexity index is 2330. The highest BCUT2D eigenvalue weighted by Gasteiger charge is 2.44. The van der Waals surface area contributed by atoms with Gasteiger partial charge in [0.1, 0.15) is 21.2 Å². The second-order valence-corrected chi connectivity index (χ2v) is 18.2. The number of fused-ring (bicyclic) bond motifs is 4. The summed E-state index contributed by atoms with van der Waals surface area (Å²) in [6, 6.07) is 17.0. The van der Waals surface area contributed by atoms with Crippen molar-refractivity contribution in [2.24, 2.45) is 23.2 Å². The summed E-state index contributed by atoms with van der Waals surface area (Å²) in [6.07, 6.45) is 11.4. The molecule has 0 saturated heterocycles. The molecule has 1 unspecified atom stereocenters. The number of hydrogen-bond donors (Lipinski definition) is 1. The molecule has 2 aromatic heterocycles. The Hall–Kier alpha value is -4.76. The first kappa shape index (κ1) is 40.0. The van der Waals surface area contributed by atoms with Gasteiger partial charge in [-0.2, -0.15) is 0 Å². The van der Waals surface area contributed by atoms with Gasteiger partial charge in [0.05, 0.1) is 49.7 Å². The minimum Gasteiger partial charge on any atom is -0.490 e. The summed E-state index contributed by atoms with van der Waals surface area (Å²) in [5, 5.41) is 4.89. The second-order valence-electron chi connectivity index (χ2n) is 15.7. The van der Waals surface area contributed by atoms with E-state index >= 15 is 0 Å². The largest absolute Gasteiger partial charge is 0.490 e. The van der Waals surface area contributed by atoms with Gasteiger partial charge in [-0.25, -0.2) is 4.21 Å². The summed E-state index contributed by atoms with van der Waals surface area (Å²) in [5.74, 6) is -0.413. The van der Waals surface area contributed by atoms with Gasteiger partial charge in [0, 0.05) is 55.6 Å². The summed E-state index contributed by atoms with van der Waals surface area (Å²) in [5.41, 5.74) is 3.97. The van der Waals surface area contributed by atoms with Crippen LogP contribution in [0.1, 0.15) is 69.6 Å². The molecular formula is C43H49ClN6O7S. The molecule has 13 nitrogen and oxygen atoms in total. The molecule has 2 aromatic carbocycles. The molecule has 6 atom stereocenters. The molecule has 4 heterocycles. The Kier molecular flexibility index (Phi) is 11.6. The fourth-order valence-corrected chi connectivity index (χ4v) is 10.6. The lowest BCUT2D eigenvalue weighted by Gasteiger charge is -2.46. The van der Waals surface area contributed by atoms with Crippen LogP contribution in [0.4, 0.5) is 5.69 Å². The molecule has 1 N–H and O–H groups in total. The van der Waals surface area contributed by atoms with E-state index in [1.54, 1.807) is 38.6 Å². The molecule has 306 valence electrons. The molecule has 1 spiro atoms. The molecule has 2 amide bonds. The molecule has 2 bridgehead atoms. The van der Waals surface area contributed by atoms with Crippen molar-refractivity contribution in [2.75, 3.05) is 44.6 Å². The van der Waals surface area contributed by atoms with E-state index < -0.39 is 27.8 Å². The van der Waals surface area contributed by atoms with Gasteiger partial charge in [0.25, 0.3) is 11.8 Å². The third-order valence-electron chi connectivity index (χ3n) is 12.0.